The van der Waals surface area contributed by atoms with Gasteiger partial charge in [0.25, 0.3) is 0 Å². The van der Waals surface area contributed by atoms with Gasteiger partial charge in [0, 0.05) is 10.5 Å². The molecule has 24 heavy (non-hydrogen) atoms. The number of hydrogen-bond acceptors (Lipinski definition) is 4. The van der Waals surface area contributed by atoms with Gasteiger partial charge < -0.3 is 5.11 Å². The molecule has 3 aromatic rings. The Morgan fingerprint density at radius 2 is 1.75 bits per heavy atom. The summed E-state index contributed by atoms with van der Waals surface area (Å²) < 4.78 is 0. The van der Waals surface area contributed by atoms with Crippen LogP contribution < -0.4 is 0 Å². The molecule has 0 amide bonds. The van der Waals surface area contributed by atoms with E-state index in [0.29, 0.717) is 0 Å². The van der Waals surface area contributed by atoms with Gasteiger partial charge in [0.1, 0.15) is 10.3 Å². The average molecular weight is 355 g/mol. The van der Waals surface area contributed by atoms with Gasteiger partial charge in [0.15, 0.2) is 0 Å². The SMILES string of the molecule is Cc1nc(-c2ccc(SC(C)C(=O)O)cc2)sc1-c1ccccc1. The molecule has 3 rings (SSSR count). The molecule has 0 radical (unpaired) electrons. The first-order chi connectivity index (χ1) is 11.5. The summed E-state index contributed by atoms with van der Waals surface area (Å²) in [6.07, 6.45) is 0. The molecular formula is C19H17NO2S2. The van der Waals surface area contributed by atoms with Crippen molar-refractivity contribution in [2.45, 2.75) is 24.0 Å². The van der Waals surface area contributed by atoms with Gasteiger partial charge in [-0.25, -0.2) is 4.98 Å². The lowest BCUT2D eigenvalue weighted by Crippen LogP contribution is -2.10. The van der Waals surface area contributed by atoms with Crippen molar-refractivity contribution in [2.75, 3.05) is 0 Å². The van der Waals surface area contributed by atoms with Gasteiger partial charge in [-0.1, -0.05) is 42.5 Å². The number of carboxylic acid groups (broad SMARTS) is 1. The molecule has 1 aromatic heterocycles. The maximum absolute atomic E-state index is 10.9. The standard InChI is InChI=1S/C19H17NO2S2/c1-12-17(14-6-4-3-5-7-14)24-18(20-12)15-8-10-16(11-9-15)23-13(2)19(21)22/h3-11,13H,1-2H3,(H,21,22). The van der Waals surface area contributed by atoms with Crippen LogP contribution in [0.25, 0.3) is 21.0 Å². The molecule has 0 aliphatic carbocycles. The van der Waals surface area contributed by atoms with Crippen molar-refractivity contribution in [1.82, 2.24) is 4.98 Å². The third-order valence-electron chi connectivity index (χ3n) is 3.59. The van der Waals surface area contributed by atoms with Crippen LogP contribution in [-0.4, -0.2) is 21.3 Å². The third kappa shape index (κ3) is 3.68. The fourth-order valence-electron chi connectivity index (χ4n) is 2.31. The first-order valence-corrected chi connectivity index (χ1v) is 9.27. The molecule has 1 heterocycles. The second-order valence-corrected chi connectivity index (χ2v) is 7.84. The van der Waals surface area contributed by atoms with Crippen LogP contribution in [0.15, 0.2) is 59.5 Å². The van der Waals surface area contributed by atoms with Gasteiger partial charge in [0.05, 0.1) is 10.6 Å². The fraction of sp³-hybridized carbons (Fsp3) is 0.158. The number of thioether (sulfide) groups is 1. The van der Waals surface area contributed by atoms with Crippen LogP contribution in [0.5, 0.6) is 0 Å². The summed E-state index contributed by atoms with van der Waals surface area (Å²) in [6.45, 7) is 3.72. The smallest absolute Gasteiger partial charge is 0.316 e. The van der Waals surface area contributed by atoms with Gasteiger partial charge in [-0.3, -0.25) is 4.79 Å². The van der Waals surface area contributed by atoms with Gasteiger partial charge in [-0.2, -0.15) is 0 Å². The summed E-state index contributed by atoms with van der Waals surface area (Å²) in [5.74, 6) is -0.799. The Morgan fingerprint density at radius 1 is 1.08 bits per heavy atom. The molecule has 122 valence electrons. The van der Waals surface area contributed by atoms with E-state index in [1.165, 1.54) is 22.2 Å². The molecule has 0 aliphatic rings. The number of nitrogens with zero attached hydrogens (tertiary/aromatic N) is 1. The number of benzene rings is 2. The van der Waals surface area contributed by atoms with Gasteiger partial charge in [-0.15, -0.1) is 23.1 Å². The molecule has 5 heteroatoms. The predicted molar refractivity (Wildman–Crippen MR) is 101 cm³/mol. The molecule has 1 atom stereocenters. The van der Waals surface area contributed by atoms with E-state index in [2.05, 4.69) is 12.1 Å². The number of carbonyl (C=O) groups is 1. The molecule has 1 N–H and O–H groups in total. The van der Waals surface area contributed by atoms with Crippen LogP contribution in [-0.2, 0) is 4.79 Å². The summed E-state index contributed by atoms with van der Waals surface area (Å²) >= 11 is 3.02. The highest BCUT2D eigenvalue weighted by Crippen LogP contribution is 2.35. The first kappa shape index (κ1) is 16.7. The van der Waals surface area contributed by atoms with Crippen molar-refractivity contribution in [3.63, 3.8) is 0 Å². The molecule has 0 aliphatic heterocycles. The Labute approximate surface area is 149 Å². The Hall–Kier alpha value is -2.11. The Morgan fingerprint density at radius 3 is 2.38 bits per heavy atom. The first-order valence-electron chi connectivity index (χ1n) is 7.57. The average Bonchev–Trinajstić information content (AvgIpc) is 2.98. The molecule has 0 spiro atoms. The van der Waals surface area contributed by atoms with E-state index in [-0.39, 0.29) is 0 Å². The lowest BCUT2D eigenvalue weighted by atomic mass is 10.2. The Bertz CT molecular complexity index is 842. The van der Waals surface area contributed by atoms with E-state index in [4.69, 9.17) is 10.1 Å². The van der Waals surface area contributed by atoms with Crippen molar-refractivity contribution >= 4 is 29.1 Å². The van der Waals surface area contributed by atoms with E-state index >= 15 is 0 Å². The molecule has 0 saturated carbocycles. The van der Waals surface area contributed by atoms with E-state index in [1.54, 1.807) is 18.3 Å². The van der Waals surface area contributed by atoms with Crippen LogP contribution in [0.1, 0.15) is 12.6 Å². The van der Waals surface area contributed by atoms with Crippen molar-refractivity contribution in [1.29, 1.82) is 0 Å². The summed E-state index contributed by atoms with van der Waals surface area (Å²) in [5, 5.41) is 9.51. The highest BCUT2D eigenvalue weighted by atomic mass is 32.2. The van der Waals surface area contributed by atoms with E-state index < -0.39 is 11.2 Å². The number of hydrogen-bond donors (Lipinski definition) is 1. The summed E-state index contributed by atoms with van der Waals surface area (Å²) in [6, 6.07) is 18.2. The number of thiazole rings is 1. The minimum absolute atomic E-state index is 0.456. The minimum Gasteiger partial charge on any atom is -0.480 e. The van der Waals surface area contributed by atoms with Crippen molar-refractivity contribution in [3.05, 3.63) is 60.3 Å². The molecule has 3 nitrogen and oxygen atoms in total. The number of aryl methyl sites for hydroxylation is 1. The molecule has 0 bridgehead atoms. The summed E-state index contributed by atoms with van der Waals surface area (Å²) in [7, 11) is 0. The zero-order valence-corrected chi connectivity index (χ0v) is 15.0. The highest BCUT2D eigenvalue weighted by Gasteiger charge is 2.14. The molecule has 0 fully saturated rings. The minimum atomic E-state index is -0.799. The predicted octanol–water partition coefficient (Wildman–Crippen LogP) is 5.35. The maximum Gasteiger partial charge on any atom is 0.316 e. The summed E-state index contributed by atoms with van der Waals surface area (Å²) in [4.78, 5) is 17.8. The Kier molecular flexibility index (Phi) is 5.02. The van der Waals surface area contributed by atoms with E-state index in [1.807, 2.05) is 49.4 Å². The highest BCUT2D eigenvalue weighted by molar-refractivity contribution is 8.00. The molecular weight excluding hydrogens is 338 g/mol. The van der Waals surface area contributed by atoms with Crippen molar-refractivity contribution < 1.29 is 9.90 Å². The second-order valence-electron chi connectivity index (χ2n) is 5.42. The van der Waals surface area contributed by atoms with Crippen LogP contribution in [0, 0.1) is 6.92 Å². The fourth-order valence-corrected chi connectivity index (χ4v) is 4.19. The number of carboxylic acids is 1. The van der Waals surface area contributed by atoms with E-state index in [9.17, 15) is 4.79 Å². The topological polar surface area (TPSA) is 50.2 Å². The van der Waals surface area contributed by atoms with Gasteiger partial charge >= 0.3 is 5.97 Å². The number of rotatable bonds is 5. The quantitative estimate of drug-likeness (QED) is 0.627. The lowest BCUT2D eigenvalue weighted by Gasteiger charge is -2.06. The lowest BCUT2D eigenvalue weighted by molar-refractivity contribution is -0.136. The molecule has 2 aromatic carbocycles. The van der Waals surface area contributed by atoms with Crippen LogP contribution in [0.2, 0.25) is 0 Å². The largest absolute Gasteiger partial charge is 0.480 e. The van der Waals surface area contributed by atoms with Crippen LogP contribution >= 0.6 is 23.1 Å². The van der Waals surface area contributed by atoms with Crippen LogP contribution in [0.4, 0.5) is 0 Å². The summed E-state index contributed by atoms with van der Waals surface area (Å²) in [5.41, 5.74) is 3.26. The van der Waals surface area contributed by atoms with Crippen molar-refractivity contribution in [2.24, 2.45) is 0 Å². The maximum atomic E-state index is 10.9. The van der Waals surface area contributed by atoms with Gasteiger partial charge in [-0.05, 0) is 31.5 Å². The third-order valence-corrected chi connectivity index (χ3v) is 5.95. The molecule has 1 unspecified atom stereocenters. The Balaban J connectivity index is 1.84. The zero-order chi connectivity index (χ0) is 17.1. The number of aromatic nitrogens is 1. The van der Waals surface area contributed by atoms with Crippen LogP contribution in [0.3, 0.4) is 0 Å². The van der Waals surface area contributed by atoms with E-state index in [0.717, 1.165) is 21.2 Å². The number of aliphatic carboxylic acids is 1. The zero-order valence-electron chi connectivity index (χ0n) is 13.4. The van der Waals surface area contributed by atoms with Gasteiger partial charge in [0.2, 0.25) is 0 Å². The molecule has 0 saturated heterocycles. The van der Waals surface area contributed by atoms with Crippen molar-refractivity contribution in [3.8, 4) is 21.0 Å². The second kappa shape index (κ2) is 7.20. The normalized spacial score (nSPS) is 12.1. The monoisotopic (exact) mass is 355 g/mol.